The maximum absolute atomic E-state index is 5.87. The molecule has 5 nitrogen and oxygen atoms in total. The molecule has 0 radical (unpaired) electrons. The maximum atomic E-state index is 5.87. The highest BCUT2D eigenvalue weighted by atomic mass is 32.1. The van der Waals surface area contributed by atoms with Crippen LogP contribution in [0, 0.1) is 0 Å². The van der Waals surface area contributed by atoms with Gasteiger partial charge in [0.1, 0.15) is 0 Å². The van der Waals surface area contributed by atoms with Gasteiger partial charge in [-0.05, 0) is 61.5 Å². The Kier molecular flexibility index (Phi) is 5.02. The van der Waals surface area contributed by atoms with Crippen molar-refractivity contribution in [3.8, 4) is 5.69 Å². The highest BCUT2D eigenvalue weighted by Gasteiger charge is 2.44. The van der Waals surface area contributed by atoms with E-state index >= 15 is 0 Å². The van der Waals surface area contributed by atoms with E-state index in [1.165, 1.54) is 37.8 Å². The molecule has 2 aliphatic rings. The first-order valence-corrected chi connectivity index (χ1v) is 10.8. The maximum Gasteiger partial charge on any atom is 0.170 e. The van der Waals surface area contributed by atoms with Gasteiger partial charge < -0.3 is 14.8 Å². The topological polar surface area (TPSA) is 46.0 Å². The van der Waals surface area contributed by atoms with Crippen molar-refractivity contribution in [2.75, 3.05) is 0 Å². The van der Waals surface area contributed by atoms with Crippen LogP contribution in [0.1, 0.15) is 55.6 Å². The lowest BCUT2D eigenvalue weighted by atomic mass is 9.92. The molecule has 1 aliphatic carbocycles. The summed E-state index contributed by atoms with van der Waals surface area (Å²) in [5.74, 6) is 0. The Hall–Kier alpha value is -2.73. The Morgan fingerprint density at radius 2 is 1.86 bits per heavy atom. The summed E-state index contributed by atoms with van der Waals surface area (Å²) in [6.07, 6.45) is 14.0. The summed E-state index contributed by atoms with van der Waals surface area (Å²) in [6, 6.07) is 15.1. The van der Waals surface area contributed by atoms with Gasteiger partial charge in [0.05, 0.1) is 29.7 Å². The molecule has 1 aliphatic heterocycles. The van der Waals surface area contributed by atoms with E-state index < -0.39 is 0 Å². The van der Waals surface area contributed by atoms with E-state index in [0.29, 0.717) is 6.04 Å². The van der Waals surface area contributed by atoms with Crippen molar-refractivity contribution in [2.45, 2.75) is 50.2 Å². The Morgan fingerprint density at radius 1 is 0.966 bits per heavy atom. The molecule has 0 spiro atoms. The van der Waals surface area contributed by atoms with Gasteiger partial charge >= 0.3 is 0 Å². The van der Waals surface area contributed by atoms with Gasteiger partial charge in [-0.2, -0.15) is 0 Å². The van der Waals surface area contributed by atoms with E-state index in [9.17, 15) is 0 Å². The summed E-state index contributed by atoms with van der Waals surface area (Å²) < 4.78 is 2.24. The number of aromatic nitrogens is 3. The van der Waals surface area contributed by atoms with Crippen molar-refractivity contribution < 1.29 is 0 Å². The first kappa shape index (κ1) is 18.3. The van der Waals surface area contributed by atoms with Gasteiger partial charge in [0.15, 0.2) is 5.11 Å². The zero-order valence-electron chi connectivity index (χ0n) is 16.3. The van der Waals surface area contributed by atoms with Crippen molar-refractivity contribution in [2.24, 2.45) is 0 Å². The summed E-state index contributed by atoms with van der Waals surface area (Å²) in [6.45, 7) is 0. The molecule has 3 aromatic rings. The molecule has 6 heteroatoms. The standard InChI is InChI=1S/C23H25N5S/c29-23-26-21(19-11-4-5-14-25-19)22(28(23)17-8-2-1-3-9-17)20-12-7-15-27(20)18-10-6-13-24-16-18/h4-7,10-17,21-22H,1-3,8-9H2,(H,26,29)/t21-,22+/m1/s1. The summed E-state index contributed by atoms with van der Waals surface area (Å²) in [5, 5.41) is 4.44. The highest BCUT2D eigenvalue weighted by molar-refractivity contribution is 7.80. The molecule has 3 aromatic heterocycles. The van der Waals surface area contributed by atoms with Crippen molar-refractivity contribution >= 4 is 17.3 Å². The number of nitrogens with zero attached hydrogens (tertiary/aromatic N) is 4. The van der Waals surface area contributed by atoms with Crippen molar-refractivity contribution in [1.82, 2.24) is 24.8 Å². The minimum atomic E-state index is 0.0240. The fourth-order valence-electron chi connectivity index (χ4n) is 4.80. The smallest absolute Gasteiger partial charge is 0.170 e. The third-order valence-electron chi connectivity index (χ3n) is 6.11. The quantitative estimate of drug-likeness (QED) is 0.647. The monoisotopic (exact) mass is 403 g/mol. The Labute approximate surface area is 176 Å². The van der Waals surface area contributed by atoms with Crippen LogP contribution in [0.5, 0.6) is 0 Å². The molecule has 5 rings (SSSR count). The van der Waals surface area contributed by atoms with Crippen LogP contribution in [0.4, 0.5) is 0 Å². The molecule has 0 aromatic carbocycles. The van der Waals surface area contributed by atoms with Gasteiger partial charge in [0.2, 0.25) is 0 Å². The van der Waals surface area contributed by atoms with Crippen LogP contribution in [-0.4, -0.2) is 30.6 Å². The molecule has 0 amide bonds. The fourth-order valence-corrected chi connectivity index (χ4v) is 5.19. The van der Waals surface area contributed by atoms with Crippen LogP contribution in [0.25, 0.3) is 5.69 Å². The molecule has 1 saturated heterocycles. The van der Waals surface area contributed by atoms with Gasteiger partial charge in [-0.15, -0.1) is 0 Å². The number of thiocarbonyl (C=S) groups is 1. The molecule has 0 bridgehead atoms. The van der Waals surface area contributed by atoms with Crippen LogP contribution in [-0.2, 0) is 0 Å². The molecule has 148 valence electrons. The van der Waals surface area contributed by atoms with E-state index in [1.807, 2.05) is 36.8 Å². The van der Waals surface area contributed by atoms with E-state index in [2.05, 4.69) is 55.2 Å². The first-order valence-electron chi connectivity index (χ1n) is 10.4. The second-order valence-corrected chi connectivity index (χ2v) is 8.23. The second kappa shape index (κ2) is 7.95. The summed E-state index contributed by atoms with van der Waals surface area (Å²) in [4.78, 5) is 11.4. The number of hydrogen-bond donors (Lipinski definition) is 1. The van der Waals surface area contributed by atoms with Gasteiger partial charge in [-0.1, -0.05) is 25.3 Å². The predicted molar refractivity (Wildman–Crippen MR) is 118 cm³/mol. The highest BCUT2D eigenvalue weighted by Crippen LogP contribution is 2.42. The molecular weight excluding hydrogens is 378 g/mol. The normalized spacial score (nSPS) is 22.6. The Morgan fingerprint density at radius 3 is 2.62 bits per heavy atom. The average molecular weight is 404 g/mol. The van der Waals surface area contributed by atoms with Gasteiger partial charge in [0, 0.05) is 30.3 Å². The lowest BCUT2D eigenvalue weighted by Gasteiger charge is -2.37. The van der Waals surface area contributed by atoms with Crippen LogP contribution in [0.2, 0.25) is 0 Å². The third kappa shape index (κ3) is 3.42. The van der Waals surface area contributed by atoms with E-state index in [1.54, 1.807) is 0 Å². The summed E-state index contributed by atoms with van der Waals surface area (Å²) in [7, 11) is 0. The van der Waals surface area contributed by atoms with Crippen LogP contribution in [0.15, 0.2) is 67.3 Å². The van der Waals surface area contributed by atoms with Crippen LogP contribution >= 0.6 is 12.2 Å². The van der Waals surface area contributed by atoms with Crippen molar-refractivity contribution in [3.63, 3.8) is 0 Å². The number of nitrogens with one attached hydrogen (secondary N) is 1. The lowest BCUT2D eigenvalue weighted by molar-refractivity contribution is 0.193. The largest absolute Gasteiger partial charge is 0.352 e. The Bertz CT molecular complexity index is 965. The molecule has 2 fully saturated rings. The fraction of sp³-hybridized carbons (Fsp3) is 0.348. The zero-order chi connectivity index (χ0) is 19.6. The Balaban J connectivity index is 1.61. The first-order chi connectivity index (χ1) is 14.3. The molecule has 2 atom stereocenters. The van der Waals surface area contributed by atoms with Crippen molar-refractivity contribution in [3.05, 3.63) is 78.6 Å². The molecule has 0 unspecified atom stereocenters. The second-order valence-electron chi connectivity index (χ2n) is 7.84. The van der Waals surface area contributed by atoms with Gasteiger partial charge in [0.25, 0.3) is 0 Å². The molecular formula is C23H25N5S. The van der Waals surface area contributed by atoms with Crippen LogP contribution < -0.4 is 5.32 Å². The van der Waals surface area contributed by atoms with Gasteiger partial charge in [-0.3, -0.25) is 9.97 Å². The van der Waals surface area contributed by atoms with E-state index in [0.717, 1.165) is 16.5 Å². The van der Waals surface area contributed by atoms with E-state index in [-0.39, 0.29) is 12.1 Å². The number of pyridine rings is 2. The third-order valence-corrected chi connectivity index (χ3v) is 6.44. The van der Waals surface area contributed by atoms with E-state index in [4.69, 9.17) is 12.2 Å². The minimum absolute atomic E-state index is 0.0240. The molecule has 29 heavy (non-hydrogen) atoms. The number of rotatable bonds is 4. The lowest BCUT2D eigenvalue weighted by Crippen LogP contribution is -2.40. The van der Waals surface area contributed by atoms with Gasteiger partial charge in [-0.25, -0.2) is 0 Å². The summed E-state index contributed by atoms with van der Waals surface area (Å²) in [5.41, 5.74) is 3.30. The molecule has 1 saturated carbocycles. The predicted octanol–water partition coefficient (Wildman–Crippen LogP) is 4.57. The summed E-state index contributed by atoms with van der Waals surface area (Å²) >= 11 is 5.87. The average Bonchev–Trinajstić information content (AvgIpc) is 3.40. The molecule has 1 N–H and O–H groups in total. The number of hydrogen-bond acceptors (Lipinski definition) is 3. The molecule has 4 heterocycles. The minimum Gasteiger partial charge on any atom is -0.352 e. The SMILES string of the molecule is S=C1N[C@H](c2ccccn2)[C@H](c2cccn2-c2cccnc2)N1C1CCCCC1. The van der Waals surface area contributed by atoms with Crippen molar-refractivity contribution in [1.29, 1.82) is 0 Å². The zero-order valence-corrected chi connectivity index (χ0v) is 17.1. The van der Waals surface area contributed by atoms with Crippen LogP contribution in [0.3, 0.4) is 0 Å².